The van der Waals surface area contributed by atoms with Crippen molar-refractivity contribution in [2.45, 2.75) is 30.8 Å². The van der Waals surface area contributed by atoms with Gasteiger partial charge in [0.15, 0.2) is 0 Å². The lowest BCUT2D eigenvalue weighted by molar-refractivity contribution is 0.180. The molecule has 0 aromatic heterocycles. The zero-order chi connectivity index (χ0) is 14.8. The van der Waals surface area contributed by atoms with Crippen LogP contribution >= 0.6 is 11.6 Å². The fourth-order valence-corrected chi connectivity index (χ4v) is 4.09. The van der Waals surface area contributed by atoms with Crippen LogP contribution in [0, 0.1) is 5.92 Å². The number of halogens is 1. The standard InChI is InChI=1S/C13H19ClN2O3S/c1-9(11-4-5-19-8-11)16-20(17,18)13-6-10(7-15)2-3-12(13)14/h2-3,6,9,11,16H,4-5,7-8,15H2,1H3. The van der Waals surface area contributed by atoms with E-state index in [9.17, 15) is 8.42 Å². The summed E-state index contributed by atoms with van der Waals surface area (Å²) in [5.74, 6) is 0.196. The molecule has 3 N–H and O–H groups in total. The van der Waals surface area contributed by atoms with Gasteiger partial charge in [0.25, 0.3) is 0 Å². The first-order valence-electron chi connectivity index (χ1n) is 6.52. The summed E-state index contributed by atoms with van der Waals surface area (Å²) in [5, 5.41) is 0.199. The first-order chi connectivity index (χ1) is 9.44. The summed E-state index contributed by atoms with van der Waals surface area (Å²) in [6, 6.07) is 4.60. The third kappa shape index (κ3) is 3.51. The number of benzene rings is 1. The average molecular weight is 319 g/mol. The van der Waals surface area contributed by atoms with Crippen LogP contribution in [0.3, 0.4) is 0 Å². The number of nitrogens with one attached hydrogen (secondary N) is 1. The van der Waals surface area contributed by atoms with E-state index in [-0.39, 0.29) is 28.4 Å². The van der Waals surface area contributed by atoms with Crippen LogP contribution in [0.4, 0.5) is 0 Å². The molecular formula is C13H19ClN2O3S. The van der Waals surface area contributed by atoms with Crippen molar-refractivity contribution in [1.82, 2.24) is 4.72 Å². The van der Waals surface area contributed by atoms with E-state index in [1.54, 1.807) is 12.1 Å². The summed E-state index contributed by atoms with van der Waals surface area (Å²) >= 11 is 6.00. The first-order valence-corrected chi connectivity index (χ1v) is 8.38. The minimum atomic E-state index is -3.65. The average Bonchev–Trinajstić information content (AvgIpc) is 2.92. The van der Waals surface area contributed by atoms with Gasteiger partial charge in [-0.15, -0.1) is 0 Å². The molecule has 1 aliphatic rings. The van der Waals surface area contributed by atoms with E-state index in [4.69, 9.17) is 22.1 Å². The minimum absolute atomic E-state index is 0.0767. The molecule has 2 rings (SSSR count). The summed E-state index contributed by atoms with van der Waals surface area (Å²) in [7, 11) is -3.65. The van der Waals surface area contributed by atoms with Crippen molar-refractivity contribution in [2.24, 2.45) is 11.7 Å². The molecule has 0 radical (unpaired) electrons. The van der Waals surface area contributed by atoms with Crippen LogP contribution in [0.1, 0.15) is 18.9 Å². The lowest BCUT2D eigenvalue weighted by Crippen LogP contribution is -2.38. The Morgan fingerprint density at radius 1 is 1.55 bits per heavy atom. The maximum atomic E-state index is 12.4. The molecule has 1 saturated heterocycles. The number of hydrogen-bond donors (Lipinski definition) is 2. The van der Waals surface area contributed by atoms with E-state index < -0.39 is 10.0 Å². The van der Waals surface area contributed by atoms with Gasteiger partial charge in [-0.3, -0.25) is 0 Å². The molecule has 0 saturated carbocycles. The van der Waals surface area contributed by atoms with Gasteiger partial charge in [-0.25, -0.2) is 13.1 Å². The molecule has 1 aliphatic heterocycles. The Labute approximate surface area is 124 Å². The van der Waals surface area contributed by atoms with Crippen molar-refractivity contribution < 1.29 is 13.2 Å². The SMILES string of the molecule is CC(NS(=O)(=O)c1cc(CN)ccc1Cl)C1CCOC1. The molecule has 1 aromatic carbocycles. The molecule has 0 bridgehead atoms. The van der Waals surface area contributed by atoms with E-state index in [0.29, 0.717) is 13.2 Å². The molecule has 1 aromatic rings. The van der Waals surface area contributed by atoms with Crippen molar-refractivity contribution in [3.05, 3.63) is 28.8 Å². The topological polar surface area (TPSA) is 81.4 Å². The molecule has 7 heteroatoms. The molecule has 112 valence electrons. The van der Waals surface area contributed by atoms with Crippen molar-refractivity contribution in [1.29, 1.82) is 0 Å². The Hall–Kier alpha value is -0.660. The van der Waals surface area contributed by atoms with Crippen LogP contribution in [0.2, 0.25) is 5.02 Å². The second-order valence-electron chi connectivity index (χ2n) is 5.00. The van der Waals surface area contributed by atoms with Crippen LogP contribution in [-0.4, -0.2) is 27.7 Å². The van der Waals surface area contributed by atoms with E-state index >= 15 is 0 Å². The summed E-state index contributed by atoms with van der Waals surface area (Å²) in [5.41, 5.74) is 6.27. The van der Waals surface area contributed by atoms with Crippen molar-refractivity contribution >= 4 is 21.6 Å². The Kier molecular flexibility index (Phi) is 5.04. The van der Waals surface area contributed by atoms with Gasteiger partial charge >= 0.3 is 0 Å². The molecule has 5 nitrogen and oxygen atoms in total. The number of nitrogens with two attached hydrogens (primary N) is 1. The van der Waals surface area contributed by atoms with Crippen LogP contribution in [0.25, 0.3) is 0 Å². The quantitative estimate of drug-likeness (QED) is 0.862. The Morgan fingerprint density at radius 2 is 2.30 bits per heavy atom. The predicted molar refractivity (Wildman–Crippen MR) is 78.1 cm³/mol. The predicted octanol–water partition coefficient (Wildman–Crippen LogP) is 1.50. The van der Waals surface area contributed by atoms with Crippen LogP contribution in [0.15, 0.2) is 23.1 Å². The van der Waals surface area contributed by atoms with Crippen molar-refractivity contribution in [3.8, 4) is 0 Å². The van der Waals surface area contributed by atoms with E-state index in [0.717, 1.165) is 12.0 Å². The van der Waals surface area contributed by atoms with Gasteiger partial charge in [0, 0.05) is 25.1 Å². The molecule has 0 amide bonds. The summed E-state index contributed by atoms with van der Waals surface area (Å²) in [6.45, 7) is 3.38. The maximum absolute atomic E-state index is 12.4. The highest BCUT2D eigenvalue weighted by molar-refractivity contribution is 7.89. The van der Waals surface area contributed by atoms with Gasteiger partial charge < -0.3 is 10.5 Å². The molecule has 2 unspecified atom stereocenters. The number of sulfonamides is 1. The van der Waals surface area contributed by atoms with Gasteiger partial charge in [0.2, 0.25) is 10.0 Å². The summed E-state index contributed by atoms with van der Waals surface area (Å²) in [4.78, 5) is 0.0767. The molecule has 0 aliphatic carbocycles. The fourth-order valence-electron chi connectivity index (χ4n) is 2.23. The smallest absolute Gasteiger partial charge is 0.242 e. The molecule has 2 atom stereocenters. The number of hydrogen-bond acceptors (Lipinski definition) is 4. The van der Waals surface area contributed by atoms with E-state index in [2.05, 4.69) is 4.72 Å². The largest absolute Gasteiger partial charge is 0.381 e. The molecule has 1 heterocycles. The highest BCUT2D eigenvalue weighted by Gasteiger charge is 2.27. The lowest BCUT2D eigenvalue weighted by atomic mass is 10.0. The van der Waals surface area contributed by atoms with Crippen LogP contribution in [-0.2, 0) is 21.3 Å². The monoisotopic (exact) mass is 318 g/mol. The molecule has 1 fully saturated rings. The van der Waals surface area contributed by atoms with Gasteiger partial charge in [-0.2, -0.15) is 0 Å². The number of rotatable bonds is 5. The van der Waals surface area contributed by atoms with Crippen LogP contribution < -0.4 is 10.5 Å². The first kappa shape index (κ1) is 15.7. The number of ether oxygens (including phenoxy) is 1. The van der Waals surface area contributed by atoms with Gasteiger partial charge in [-0.05, 0) is 31.0 Å². The van der Waals surface area contributed by atoms with Crippen molar-refractivity contribution in [2.75, 3.05) is 13.2 Å². The Bertz CT molecular complexity index is 571. The minimum Gasteiger partial charge on any atom is -0.381 e. The summed E-state index contributed by atoms with van der Waals surface area (Å²) in [6.07, 6.45) is 0.861. The Balaban J connectivity index is 2.21. The highest BCUT2D eigenvalue weighted by Crippen LogP contribution is 2.24. The molecular weight excluding hydrogens is 300 g/mol. The van der Waals surface area contributed by atoms with E-state index in [1.165, 1.54) is 6.07 Å². The Morgan fingerprint density at radius 3 is 2.90 bits per heavy atom. The lowest BCUT2D eigenvalue weighted by Gasteiger charge is -2.19. The highest BCUT2D eigenvalue weighted by atomic mass is 35.5. The third-order valence-electron chi connectivity index (χ3n) is 3.53. The zero-order valence-electron chi connectivity index (χ0n) is 11.3. The maximum Gasteiger partial charge on any atom is 0.242 e. The zero-order valence-corrected chi connectivity index (χ0v) is 12.9. The summed E-state index contributed by atoms with van der Waals surface area (Å²) < 4.78 is 32.8. The second-order valence-corrected chi connectivity index (χ2v) is 7.09. The van der Waals surface area contributed by atoms with Crippen molar-refractivity contribution in [3.63, 3.8) is 0 Å². The fraction of sp³-hybridized carbons (Fsp3) is 0.538. The normalized spacial score (nSPS) is 21.1. The third-order valence-corrected chi connectivity index (χ3v) is 5.57. The van der Waals surface area contributed by atoms with Gasteiger partial charge in [0.05, 0.1) is 11.6 Å². The van der Waals surface area contributed by atoms with Gasteiger partial charge in [0.1, 0.15) is 4.90 Å². The second kappa shape index (κ2) is 6.41. The van der Waals surface area contributed by atoms with E-state index in [1.807, 2.05) is 6.92 Å². The van der Waals surface area contributed by atoms with Crippen LogP contribution in [0.5, 0.6) is 0 Å². The molecule has 20 heavy (non-hydrogen) atoms. The van der Waals surface area contributed by atoms with Gasteiger partial charge in [-0.1, -0.05) is 17.7 Å². The molecule has 0 spiro atoms.